The number of nitrogens with one attached hydrogen (secondary N) is 1. The molecule has 1 saturated heterocycles. The second kappa shape index (κ2) is 9.01. The number of pyridine rings is 1. The number of anilines is 2. The Bertz CT molecular complexity index is 869. The average Bonchev–Trinajstić information content (AvgIpc) is 2.66. The summed E-state index contributed by atoms with van der Waals surface area (Å²) in [5.74, 6) is 0.528. The molecule has 3 N–H and O–H groups in total. The number of sulfone groups is 1. The van der Waals surface area contributed by atoms with Crippen LogP contribution in [0, 0.1) is 0 Å². The summed E-state index contributed by atoms with van der Waals surface area (Å²) in [5.41, 5.74) is 6.17. The van der Waals surface area contributed by atoms with Crippen LogP contribution in [0.3, 0.4) is 0 Å². The predicted molar refractivity (Wildman–Crippen MR) is 109 cm³/mol. The Balaban J connectivity index is 1.65. The summed E-state index contributed by atoms with van der Waals surface area (Å²) in [5, 5.41) is 3.21. The minimum absolute atomic E-state index is 0.185. The van der Waals surface area contributed by atoms with E-state index in [1.54, 1.807) is 18.2 Å². The van der Waals surface area contributed by atoms with Gasteiger partial charge in [0.2, 0.25) is 9.84 Å². The Morgan fingerprint density at radius 2 is 1.85 bits per heavy atom. The van der Waals surface area contributed by atoms with Gasteiger partial charge in [-0.25, -0.2) is 13.4 Å². The summed E-state index contributed by atoms with van der Waals surface area (Å²) in [6, 6.07) is 9.24. The number of hydrogen-bond donors (Lipinski definition) is 2. The molecule has 0 radical (unpaired) electrons. The topological polar surface area (TPSA) is 97.6 Å². The van der Waals surface area contributed by atoms with Crippen molar-refractivity contribution in [3.8, 4) is 0 Å². The third-order valence-electron chi connectivity index (χ3n) is 4.33. The monoisotopic (exact) mass is 454 g/mol. The maximum Gasteiger partial charge on any atom is 0.206 e. The molecule has 0 bridgehead atoms. The molecule has 1 aliphatic heterocycles. The molecule has 0 spiro atoms. The van der Waals surface area contributed by atoms with Crippen LogP contribution in [0.15, 0.2) is 50.8 Å². The van der Waals surface area contributed by atoms with Crippen LogP contribution in [0.4, 0.5) is 11.5 Å². The lowest BCUT2D eigenvalue weighted by atomic mass is 10.3. The lowest BCUT2D eigenvalue weighted by Gasteiger charge is -2.26. The van der Waals surface area contributed by atoms with Crippen LogP contribution in [0.25, 0.3) is 0 Å². The average molecular weight is 455 g/mol. The molecule has 0 unspecified atom stereocenters. The van der Waals surface area contributed by atoms with Crippen molar-refractivity contribution in [2.75, 3.05) is 50.4 Å². The molecule has 0 saturated carbocycles. The zero-order valence-corrected chi connectivity index (χ0v) is 17.3. The quantitative estimate of drug-likeness (QED) is 0.376. The van der Waals surface area contributed by atoms with Crippen molar-refractivity contribution in [1.82, 2.24) is 9.88 Å². The van der Waals surface area contributed by atoms with E-state index >= 15 is 0 Å². The van der Waals surface area contributed by atoms with Gasteiger partial charge in [0.05, 0.1) is 23.0 Å². The van der Waals surface area contributed by atoms with Crippen molar-refractivity contribution < 1.29 is 13.2 Å². The minimum Gasteiger partial charge on any atom is -0.399 e. The number of nitrogen functional groups attached to an aromatic ring is 1. The molecule has 27 heavy (non-hydrogen) atoms. The van der Waals surface area contributed by atoms with Crippen molar-refractivity contribution in [3.63, 3.8) is 0 Å². The molecule has 2 heterocycles. The molecule has 2 aromatic rings. The molecule has 3 rings (SSSR count). The number of rotatable bonds is 7. The second-order valence-electron chi connectivity index (χ2n) is 6.32. The number of benzene rings is 1. The van der Waals surface area contributed by atoms with Gasteiger partial charge in [0.1, 0.15) is 10.4 Å². The standard InChI is InChI=1S/C18H23BrN4O3S/c19-17-12-16(27(24,25)15-4-2-14(20)3-5-15)13-18(22-17)21-6-1-7-23-8-10-26-11-9-23/h2-5,12-13H,1,6-11,20H2,(H,21,22). The third-order valence-corrected chi connectivity index (χ3v) is 6.48. The highest BCUT2D eigenvalue weighted by Crippen LogP contribution is 2.26. The van der Waals surface area contributed by atoms with E-state index < -0.39 is 9.84 Å². The summed E-state index contributed by atoms with van der Waals surface area (Å²) >= 11 is 3.30. The highest BCUT2D eigenvalue weighted by atomic mass is 79.9. The van der Waals surface area contributed by atoms with Crippen molar-refractivity contribution in [2.45, 2.75) is 16.2 Å². The minimum atomic E-state index is -3.64. The normalized spacial score (nSPS) is 15.6. The van der Waals surface area contributed by atoms with E-state index in [0.29, 0.717) is 22.7 Å². The van der Waals surface area contributed by atoms with Gasteiger partial charge in [-0.05, 0) is 65.3 Å². The van der Waals surface area contributed by atoms with Crippen molar-refractivity contribution in [1.29, 1.82) is 0 Å². The predicted octanol–water partition coefficient (Wildman–Crippen LogP) is 2.39. The van der Waals surface area contributed by atoms with Crippen molar-refractivity contribution in [3.05, 3.63) is 41.0 Å². The number of halogens is 1. The zero-order valence-electron chi connectivity index (χ0n) is 14.9. The smallest absolute Gasteiger partial charge is 0.206 e. The van der Waals surface area contributed by atoms with Crippen LogP contribution in [0.5, 0.6) is 0 Å². The fourth-order valence-corrected chi connectivity index (χ4v) is 4.74. The summed E-state index contributed by atoms with van der Waals surface area (Å²) in [4.78, 5) is 7.07. The highest BCUT2D eigenvalue weighted by Gasteiger charge is 2.19. The number of ether oxygens (including phenoxy) is 1. The van der Waals surface area contributed by atoms with E-state index in [1.165, 1.54) is 18.2 Å². The molecule has 1 aromatic carbocycles. The number of aromatic nitrogens is 1. The Labute approximate surface area is 168 Å². The summed E-state index contributed by atoms with van der Waals surface area (Å²) in [6.45, 7) is 5.17. The van der Waals surface area contributed by atoms with E-state index in [-0.39, 0.29) is 9.79 Å². The van der Waals surface area contributed by atoms with Gasteiger partial charge in [0.15, 0.2) is 0 Å². The number of nitrogens with two attached hydrogens (primary N) is 1. The molecule has 1 fully saturated rings. The molecular formula is C18H23BrN4O3S. The lowest BCUT2D eigenvalue weighted by molar-refractivity contribution is 0.0378. The zero-order chi connectivity index (χ0) is 19.3. The molecule has 1 aliphatic rings. The van der Waals surface area contributed by atoms with Gasteiger partial charge < -0.3 is 15.8 Å². The Morgan fingerprint density at radius 1 is 1.15 bits per heavy atom. The van der Waals surface area contributed by atoms with Crippen LogP contribution in [-0.2, 0) is 14.6 Å². The number of hydrogen-bond acceptors (Lipinski definition) is 7. The molecule has 7 nitrogen and oxygen atoms in total. The van der Waals surface area contributed by atoms with E-state index in [4.69, 9.17) is 10.5 Å². The van der Waals surface area contributed by atoms with Crippen LogP contribution < -0.4 is 11.1 Å². The van der Waals surface area contributed by atoms with Crippen molar-refractivity contribution >= 4 is 37.3 Å². The summed E-state index contributed by atoms with van der Waals surface area (Å²) in [6.07, 6.45) is 0.939. The van der Waals surface area contributed by atoms with Crippen LogP contribution in [-0.4, -0.2) is 57.7 Å². The van der Waals surface area contributed by atoms with Gasteiger partial charge in [-0.1, -0.05) is 0 Å². The first kappa shape index (κ1) is 20.1. The van der Waals surface area contributed by atoms with Gasteiger partial charge >= 0.3 is 0 Å². The molecule has 0 amide bonds. The summed E-state index contributed by atoms with van der Waals surface area (Å²) < 4.78 is 31.5. The third kappa shape index (κ3) is 5.41. The fourth-order valence-electron chi connectivity index (χ4n) is 2.85. The second-order valence-corrected chi connectivity index (χ2v) is 9.08. The first-order chi connectivity index (χ1) is 12.9. The first-order valence-electron chi connectivity index (χ1n) is 8.77. The number of morpholine rings is 1. The largest absolute Gasteiger partial charge is 0.399 e. The van der Waals surface area contributed by atoms with Crippen LogP contribution in [0.1, 0.15) is 6.42 Å². The van der Waals surface area contributed by atoms with Gasteiger partial charge in [0.25, 0.3) is 0 Å². The molecule has 0 aliphatic carbocycles. The molecule has 146 valence electrons. The van der Waals surface area contributed by atoms with E-state index in [2.05, 4.69) is 31.1 Å². The molecule has 0 atom stereocenters. The Morgan fingerprint density at radius 3 is 2.56 bits per heavy atom. The van der Waals surface area contributed by atoms with Crippen LogP contribution in [0.2, 0.25) is 0 Å². The van der Waals surface area contributed by atoms with Crippen molar-refractivity contribution in [2.24, 2.45) is 0 Å². The van der Waals surface area contributed by atoms with Gasteiger partial charge in [-0.15, -0.1) is 0 Å². The van der Waals surface area contributed by atoms with Gasteiger partial charge in [-0.3, -0.25) is 4.90 Å². The van der Waals surface area contributed by atoms with E-state index in [1.807, 2.05) is 0 Å². The SMILES string of the molecule is Nc1ccc(S(=O)(=O)c2cc(Br)nc(NCCCN3CCOCC3)c2)cc1. The molecule has 9 heteroatoms. The Hall–Kier alpha value is -1.68. The highest BCUT2D eigenvalue weighted by molar-refractivity contribution is 9.10. The van der Waals surface area contributed by atoms with E-state index in [9.17, 15) is 8.42 Å². The van der Waals surface area contributed by atoms with Gasteiger partial charge in [0, 0.05) is 25.3 Å². The fraction of sp³-hybridized carbons (Fsp3) is 0.389. The maximum atomic E-state index is 12.9. The first-order valence-corrected chi connectivity index (χ1v) is 11.0. The molecule has 1 aromatic heterocycles. The lowest BCUT2D eigenvalue weighted by Crippen LogP contribution is -2.37. The van der Waals surface area contributed by atoms with Crippen LogP contribution >= 0.6 is 15.9 Å². The Kier molecular flexibility index (Phi) is 6.69. The maximum absolute atomic E-state index is 12.9. The number of nitrogens with zero attached hydrogens (tertiary/aromatic N) is 2. The summed E-state index contributed by atoms with van der Waals surface area (Å²) in [7, 11) is -3.64. The van der Waals surface area contributed by atoms with Gasteiger partial charge in [-0.2, -0.15) is 0 Å². The molecular weight excluding hydrogens is 432 g/mol. The van der Waals surface area contributed by atoms with E-state index in [0.717, 1.165) is 39.3 Å².